The summed E-state index contributed by atoms with van der Waals surface area (Å²) in [5.41, 5.74) is 2.22. The van der Waals surface area contributed by atoms with Crippen LogP contribution in [0.3, 0.4) is 0 Å². The molecule has 7 heteroatoms. The Hall–Kier alpha value is -2.02. The molecule has 1 N–H and O–H groups in total. The van der Waals surface area contributed by atoms with E-state index in [-0.39, 0.29) is 4.90 Å². The molecule has 0 fully saturated rings. The Morgan fingerprint density at radius 1 is 1.18 bits per heavy atom. The Morgan fingerprint density at radius 2 is 1.77 bits per heavy atom. The number of sulfonamides is 1. The third-order valence-corrected chi connectivity index (χ3v) is 5.21. The Bertz CT molecular complexity index is 731. The highest BCUT2D eigenvalue weighted by atomic mass is 32.2. The molecule has 0 amide bonds. The molecule has 2 aromatic rings. The summed E-state index contributed by atoms with van der Waals surface area (Å²) in [4.78, 5) is 2.40. The number of benzene rings is 1. The van der Waals surface area contributed by atoms with Gasteiger partial charge < -0.3 is 4.90 Å². The number of aromatic nitrogens is 2. The van der Waals surface area contributed by atoms with Gasteiger partial charge in [0.05, 0.1) is 11.9 Å². The van der Waals surface area contributed by atoms with E-state index in [9.17, 15) is 8.42 Å². The molecule has 0 unspecified atom stereocenters. The van der Waals surface area contributed by atoms with Crippen molar-refractivity contribution in [2.24, 2.45) is 7.05 Å². The van der Waals surface area contributed by atoms with Gasteiger partial charge in [0, 0.05) is 31.5 Å². The van der Waals surface area contributed by atoms with Gasteiger partial charge in [0.15, 0.2) is 0 Å². The predicted molar refractivity (Wildman–Crippen MR) is 88.8 cm³/mol. The van der Waals surface area contributed by atoms with E-state index < -0.39 is 10.0 Å². The fraction of sp³-hybridized carbons (Fsp3) is 0.400. The number of anilines is 2. The molecule has 0 aliphatic heterocycles. The lowest BCUT2D eigenvalue weighted by atomic mass is 10.2. The van der Waals surface area contributed by atoms with Crippen LogP contribution in [0.1, 0.15) is 19.5 Å². The van der Waals surface area contributed by atoms with Gasteiger partial charge in [-0.15, -0.1) is 0 Å². The summed E-state index contributed by atoms with van der Waals surface area (Å²) >= 11 is 0. The molecule has 1 heterocycles. The molecule has 0 saturated carbocycles. The number of hydrogen-bond donors (Lipinski definition) is 1. The minimum absolute atomic E-state index is 0.197. The average Bonchev–Trinajstić information content (AvgIpc) is 2.82. The van der Waals surface area contributed by atoms with Crippen LogP contribution in [0.15, 0.2) is 35.4 Å². The molecular formula is C15H22N4O2S. The number of nitrogens with one attached hydrogen (secondary N) is 1. The van der Waals surface area contributed by atoms with Crippen LogP contribution in [0.25, 0.3) is 0 Å². The lowest BCUT2D eigenvalue weighted by Crippen LogP contribution is -2.21. The van der Waals surface area contributed by atoms with E-state index in [1.807, 2.05) is 12.1 Å². The standard InChI is InChI=1S/C15H22N4O2S/c1-5-19(6-2)14-9-7-13(8-10-14)17-22(20,21)15-11-16-18(4)12(15)3/h7-11,17H,5-6H2,1-4H3. The van der Waals surface area contributed by atoms with E-state index in [1.54, 1.807) is 26.1 Å². The maximum Gasteiger partial charge on any atom is 0.265 e. The fourth-order valence-electron chi connectivity index (χ4n) is 2.28. The first-order valence-electron chi connectivity index (χ1n) is 7.25. The van der Waals surface area contributed by atoms with Gasteiger partial charge in [-0.05, 0) is 45.0 Å². The Morgan fingerprint density at radius 3 is 2.23 bits per heavy atom. The second kappa shape index (κ2) is 6.39. The Balaban J connectivity index is 2.22. The molecule has 6 nitrogen and oxygen atoms in total. The summed E-state index contributed by atoms with van der Waals surface area (Å²) < 4.78 is 28.9. The van der Waals surface area contributed by atoms with Crippen LogP contribution in [-0.2, 0) is 17.1 Å². The highest BCUT2D eigenvalue weighted by Crippen LogP contribution is 2.21. The van der Waals surface area contributed by atoms with E-state index in [2.05, 4.69) is 28.6 Å². The van der Waals surface area contributed by atoms with Gasteiger partial charge in [0.2, 0.25) is 0 Å². The second-order valence-electron chi connectivity index (χ2n) is 5.04. The van der Waals surface area contributed by atoms with Gasteiger partial charge in [-0.25, -0.2) is 8.42 Å². The molecule has 0 radical (unpaired) electrons. The monoisotopic (exact) mass is 322 g/mol. The van der Waals surface area contributed by atoms with Crippen molar-refractivity contribution in [3.8, 4) is 0 Å². The summed E-state index contributed by atoms with van der Waals surface area (Å²) in [6.07, 6.45) is 1.36. The molecule has 0 spiro atoms. The molecule has 0 aliphatic rings. The number of hydrogen-bond acceptors (Lipinski definition) is 4. The Kier molecular flexibility index (Phi) is 4.75. The van der Waals surface area contributed by atoms with Gasteiger partial charge in [0.25, 0.3) is 10.0 Å². The van der Waals surface area contributed by atoms with Crippen LogP contribution >= 0.6 is 0 Å². The molecule has 2 rings (SSSR count). The van der Waals surface area contributed by atoms with Crippen LogP contribution in [0.2, 0.25) is 0 Å². The van der Waals surface area contributed by atoms with Crippen molar-refractivity contribution >= 4 is 21.4 Å². The highest BCUT2D eigenvalue weighted by molar-refractivity contribution is 7.92. The van der Waals surface area contributed by atoms with Crippen molar-refractivity contribution in [1.29, 1.82) is 0 Å². The zero-order chi connectivity index (χ0) is 16.3. The van der Waals surface area contributed by atoms with Gasteiger partial charge in [0.1, 0.15) is 4.90 Å². The second-order valence-corrected chi connectivity index (χ2v) is 6.69. The van der Waals surface area contributed by atoms with Crippen LogP contribution in [0.5, 0.6) is 0 Å². The molecule has 0 aliphatic carbocycles. The number of rotatable bonds is 6. The van der Waals surface area contributed by atoms with Gasteiger partial charge in [-0.1, -0.05) is 0 Å². The minimum Gasteiger partial charge on any atom is -0.372 e. The smallest absolute Gasteiger partial charge is 0.265 e. The molecular weight excluding hydrogens is 300 g/mol. The lowest BCUT2D eigenvalue weighted by molar-refractivity contribution is 0.600. The molecule has 0 saturated heterocycles. The third-order valence-electron chi connectivity index (χ3n) is 3.73. The highest BCUT2D eigenvalue weighted by Gasteiger charge is 2.20. The number of nitrogens with zero attached hydrogens (tertiary/aromatic N) is 3. The molecule has 1 aromatic heterocycles. The topological polar surface area (TPSA) is 67.2 Å². The Labute approximate surface area is 131 Å². The van der Waals surface area contributed by atoms with Crippen molar-refractivity contribution in [1.82, 2.24) is 9.78 Å². The first-order valence-corrected chi connectivity index (χ1v) is 8.73. The van der Waals surface area contributed by atoms with Gasteiger partial charge in [-0.2, -0.15) is 5.10 Å². The maximum atomic E-state index is 12.4. The minimum atomic E-state index is -3.61. The van der Waals surface area contributed by atoms with Crippen molar-refractivity contribution in [2.75, 3.05) is 22.7 Å². The summed E-state index contributed by atoms with van der Waals surface area (Å²) in [6, 6.07) is 7.38. The summed E-state index contributed by atoms with van der Waals surface area (Å²) in [5.74, 6) is 0. The van der Waals surface area contributed by atoms with E-state index >= 15 is 0 Å². The van der Waals surface area contributed by atoms with E-state index in [0.29, 0.717) is 11.4 Å². The third kappa shape index (κ3) is 3.24. The SMILES string of the molecule is CCN(CC)c1ccc(NS(=O)(=O)c2cnn(C)c2C)cc1. The first-order chi connectivity index (χ1) is 10.4. The van der Waals surface area contributed by atoms with Crippen LogP contribution in [-0.4, -0.2) is 31.3 Å². The average molecular weight is 322 g/mol. The zero-order valence-electron chi connectivity index (χ0n) is 13.4. The van der Waals surface area contributed by atoms with Crippen LogP contribution in [0.4, 0.5) is 11.4 Å². The zero-order valence-corrected chi connectivity index (χ0v) is 14.2. The predicted octanol–water partition coefficient (Wildman–Crippen LogP) is 2.38. The van der Waals surface area contributed by atoms with Gasteiger partial charge >= 0.3 is 0 Å². The molecule has 22 heavy (non-hydrogen) atoms. The van der Waals surface area contributed by atoms with Gasteiger partial charge in [-0.3, -0.25) is 9.40 Å². The normalized spacial score (nSPS) is 11.5. The van der Waals surface area contributed by atoms with E-state index in [4.69, 9.17) is 0 Å². The fourth-order valence-corrected chi connectivity index (χ4v) is 3.54. The van der Waals surface area contributed by atoms with Crippen LogP contribution < -0.4 is 9.62 Å². The van der Waals surface area contributed by atoms with Crippen molar-refractivity contribution in [3.63, 3.8) is 0 Å². The van der Waals surface area contributed by atoms with E-state index in [1.165, 1.54) is 10.9 Å². The van der Waals surface area contributed by atoms with Crippen LogP contribution in [0, 0.1) is 6.92 Å². The maximum absolute atomic E-state index is 12.4. The van der Waals surface area contributed by atoms with E-state index in [0.717, 1.165) is 18.8 Å². The largest absolute Gasteiger partial charge is 0.372 e. The first kappa shape index (κ1) is 16.4. The lowest BCUT2D eigenvalue weighted by Gasteiger charge is -2.21. The van der Waals surface area contributed by atoms with Crippen molar-refractivity contribution < 1.29 is 8.42 Å². The van der Waals surface area contributed by atoms with Crippen molar-refractivity contribution in [3.05, 3.63) is 36.2 Å². The molecule has 0 atom stereocenters. The summed E-state index contributed by atoms with van der Waals surface area (Å²) in [7, 11) is -1.90. The summed E-state index contributed by atoms with van der Waals surface area (Å²) in [5, 5.41) is 3.97. The molecule has 1 aromatic carbocycles. The molecule has 120 valence electrons. The van der Waals surface area contributed by atoms with Crippen molar-refractivity contribution in [2.45, 2.75) is 25.7 Å². The number of aryl methyl sites for hydroxylation is 1. The quantitative estimate of drug-likeness (QED) is 0.886. The molecule has 0 bridgehead atoms. The summed E-state index contributed by atoms with van der Waals surface area (Å²) in [6.45, 7) is 7.73.